The van der Waals surface area contributed by atoms with Crippen LogP contribution in [0.3, 0.4) is 0 Å². The van der Waals surface area contributed by atoms with E-state index in [1.165, 1.54) is 6.92 Å². The zero-order valence-electron chi connectivity index (χ0n) is 15.2. The summed E-state index contributed by atoms with van der Waals surface area (Å²) >= 11 is 0. The zero-order valence-corrected chi connectivity index (χ0v) is 15.2. The summed E-state index contributed by atoms with van der Waals surface area (Å²) in [6.07, 6.45) is 1.81. The lowest BCUT2D eigenvalue weighted by atomic mass is 10.1. The van der Waals surface area contributed by atoms with Crippen molar-refractivity contribution in [3.63, 3.8) is 0 Å². The summed E-state index contributed by atoms with van der Waals surface area (Å²) < 4.78 is 0. The van der Waals surface area contributed by atoms with Crippen LogP contribution < -0.4 is 21.4 Å². The number of nitrogens with one attached hydrogen (secondary N) is 3. The van der Waals surface area contributed by atoms with Gasteiger partial charge in [0.1, 0.15) is 6.07 Å². The van der Waals surface area contributed by atoms with Crippen LogP contribution in [0.1, 0.15) is 12.5 Å². The highest BCUT2D eigenvalue weighted by Crippen LogP contribution is 2.22. The number of H-pyrrole nitrogens is 1. The Hall–Kier alpha value is -4.18. The van der Waals surface area contributed by atoms with Gasteiger partial charge in [0, 0.05) is 24.2 Å². The first-order valence-electron chi connectivity index (χ1n) is 8.55. The van der Waals surface area contributed by atoms with Crippen molar-refractivity contribution >= 4 is 29.1 Å². The van der Waals surface area contributed by atoms with Crippen molar-refractivity contribution in [2.75, 3.05) is 10.6 Å². The second-order valence-electron chi connectivity index (χ2n) is 6.00. The first-order chi connectivity index (χ1) is 13.5. The molecular weight excluding hydrogens is 352 g/mol. The first kappa shape index (κ1) is 18.6. The van der Waals surface area contributed by atoms with Crippen molar-refractivity contribution in [3.05, 3.63) is 72.4 Å². The van der Waals surface area contributed by atoms with Crippen LogP contribution in [-0.4, -0.2) is 11.9 Å². The Balaban J connectivity index is 1.76. The molecule has 0 saturated heterocycles. The number of guanidine groups is 1. The monoisotopic (exact) mass is 371 g/mol. The molecule has 7 heteroatoms. The molecule has 1 amide bonds. The van der Waals surface area contributed by atoms with E-state index < -0.39 is 0 Å². The fourth-order valence-corrected chi connectivity index (χ4v) is 2.63. The number of nitrogens with zero attached hydrogens (tertiary/aromatic N) is 2. The SMILES string of the molecule is CC(=O)Nc1cccc(-c2ccc(N=C(N)Nc3ccccc3C#N)[nH+]c2)c1. The first-order valence-corrected chi connectivity index (χ1v) is 8.55. The van der Waals surface area contributed by atoms with Crippen molar-refractivity contribution in [1.82, 2.24) is 0 Å². The Bertz CT molecular complexity index is 1070. The second-order valence-corrected chi connectivity index (χ2v) is 6.00. The number of amides is 1. The van der Waals surface area contributed by atoms with Gasteiger partial charge < -0.3 is 16.4 Å². The average molecular weight is 371 g/mol. The van der Waals surface area contributed by atoms with Crippen molar-refractivity contribution in [2.24, 2.45) is 10.7 Å². The van der Waals surface area contributed by atoms with Crippen molar-refractivity contribution in [2.45, 2.75) is 6.92 Å². The second kappa shape index (κ2) is 8.47. The molecule has 3 rings (SSSR count). The average Bonchev–Trinajstić information content (AvgIpc) is 2.68. The fraction of sp³-hybridized carbons (Fsp3) is 0.0476. The quantitative estimate of drug-likeness (QED) is 0.482. The number of hydrogen-bond donors (Lipinski definition) is 3. The van der Waals surface area contributed by atoms with Gasteiger partial charge in [0.25, 0.3) is 0 Å². The smallest absolute Gasteiger partial charge is 0.325 e. The fourth-order valence-electron chi connectivity index (χ4n) is 2.63. The number of nitrogens with two attached hydrogens (primary N) is 1. The number of hydrogen-bond acceptors (Lipinski definition) is 3. The Labute approximate surface area is 162 Å². The van der Waals surface area contributed by atoms with E-state index >= 15 is 0 Å². The number of anilines is 2. The molecule has 0 fully saturated rings. The number of nitriles is 1. The molecule has 1 heterocycles. The van der Waals surface area contributed by atoms with Gasteiger partial charge in [0.2, 0.25) is 5.91 Å². The molecule has 138 valence electrons. The molecule has 0 aliphatic heterocycles. The van der Waals surface area contributed by atoms with Crippen LogP contribution in [0.15, 0.2) is 71.9 Å². The van der Waals surface area contributed by atoms with Gasteiger partial charge >= 0.3 is 11.8 Å². The Morgan fingerprint density at radius 1 is 1.07 bits per heavy atom. The van der Waals surface area contributed by atoms with Gasteiger partial charge in [-0.15, -0.1) is 0 Å². The summed E-state index contributed by atoms with van der Waals surface area (Å²) in [5.74, 6) is 0.606. The van der Waals surface area contributed by atoms with Crippen LogP contribution in [0.5, 0.6) is 0 Å². The summed E-state index contributed by atoms with van der Waals surface area (Å²) in [7, 11) is 0. The molecule has 0 radical (unpaired) electrons. The number of para-hydroxylation sites is 1. The number of carbonyl (C=O) groups excluding carboxylic acids is 1. The highest BCUT2D eigenvalue weighted by atomic mass is 16.1. The third-order valence-electron chi connectivity index (χ3n) is 3.86. The molecule has 0 saturated carbocycles. The van der Waals surface area contributed by atoms with E-state index in [-0.39, 0.29) is 11.9 Å². The van der Waals surface area contributed by atoms with Crippen molar-refractivity contribution < 1.29 is 9.78 Å². The molecule has 5 N–H and O–H groups in total. The highest BCUT2D eigenvalue weighted by Gasteiger charge is 2.09. The molecule has 0 atom stereocenters. The summed E-state index contributed by atoms with van der Waals surface area (Å²) in [5.41, 5.74) is 9.65. The molecule has 2 aromatic carbocycles. The number of rotatable bonds is 4. The van der Waals surface area contributed by atoms with Gasteiger partial charge in [-0.3, -0.25) is 4.79 Å². The van der Waals surface area contributed by atoms with E-state index in [1.54, 1.807) is 24.3 Å². The van der Waals surface area contributed by atoms with Crippen LogP contribution in [-0.2, 0) is 4.79 Å². The minimum Gasteiger partial charge on any atom is -0.348 e. The van der Waals surface area contributed by atoms with Gasteiger partial charge in [-0.1, -0.05) is 24.3 Å². The van der Waals surface area contributed by atoms with E-state index in [0.717, 1.165) is 16.8 Å². The zero-order chi connectivity index (χ0) is 19.9. The number of pyridine rings is 1. The normalized spacial score (nSPS) is 10.8. The largest absolute Gasteiger partial charge is 0.348 e. The molecule has 0 spiro atoms. The molecule has 3 aromatic rings. The lowest BCUT2D eigenvalue weighted by Crippen LogP contribution is -2.23. The summed E-state index contributed by atoms with van der Waals surface area (Å²) in [5, 5.41) is 14.8. The van der Waals surface area contributed by atoms with Gasteiger partial charge in [0.15, 0.2) is 0 Å². The Morgan fingerprint density at radius 3 is 2.61 bits per heavy atom. The van der Waals surface area contributed by atoms with Gasteiger partial charge in [-0.05, 0) is 40.9 Å². The minimum atomic E-state index is -0.116. The number of aromatic nitrogens is 1. The van der Waals surface area contributed by atoms with Gasteiger partial charge in [0.05, 0.1) is 17.4 Å². The maximum Gasteiger partial charge on any atom is 0.325 e. The molecular formula is C21H19N6O+. The summed E-state index contributed by atoms with van der Waals surface area (Å²) in [6.45, 7) is 1.47. The third kappa shape index (κ3) is 4.71. The van der Waals surface area contributed by atoms with E-state index in [1.807, 2.05) is 42.6 Å². The third-order valence-corrected chi connectivity index (χ3v) is 3.86. The van der Waals surface area contributed by atoms with E-state index in [0.29, 0.717) is 17.1 Å². The molecule has 0 unspecified atom stereocenters. The molecule has 0 aliphatic carbocycles. The lowest BCUT2D eigenvalue weighted by molar-refractivity contribution is -0.361. The highest BCUT2D eigenvalue weighted by molar-refractivity contribution is 5.94. The predicted octanol–water partition coefficient (Wildman–Crippen LogP) is 3.06. The number of aliphatic imine (C=N–C) groups is 1. The maximum absolute atomic E-state index is 11.2. The van der Waals surface area contributed by atoms with E-state index in [4.69, 9.17) is 11.0 Å². The van der Waals surface area contributed by atoms with Crippen LogP contribution in [0.25, 0.3) is 11.1 Å². The predicted molar refractivity (Wildman–Crippen MR) is 109 cm³/mol. The molecule has 0 bridgehead atoms. The lowest BCUT2D eigenvalue weighted by Gasteiger charge is -2.05. The van der Waals surface area contributed by atoms with Crippen LogP contribution >= 0.6 is 0 Å². The summed E-state index contributed by atoms with van der Waals surface area (Å²) in [4.78, 5) is 18.6. The number of benzene rings is 2. The van der Waals surface area contributed by atoms with Crippen LogP contribution in [0.2, 0.25) is 0 Å². The Morgan fingerprint density at radius 2 is 1.89 bits per heavy atom. The van der Waals surface area contributed by atoms with Crippen molar-refractivity contribution in [3.8, 4) is 17.2 Å². The topological polar surface area (TPSA) is 117 Å². The van der Waals surface area contributed by atoms with Gasteiger partial charge in [-0.2, -0.15) is 5.26 Å². The Kier molecular flexibility index (Phi) is 5.63. The van der Waals surface area contributed by atoms with E-state index in [9.17, 15) is 4.79 Å². The number of carbonyl (C=O) groups is 1. The van der Waals surface area contributed by atoms with Crippen LogP contribution in [0.4, 0.5) is 17.2 Å². The minimum absolute atomic E-state index is 0.116. The molecule has 1 aromatic heterocycles. The van der Waals surface area contributed by atoms with Crippen molar-refractivity contribution in [1.29, 1.82) is 5.26 Å². The molecule has 0 aliphatic rings. The van der Waals surface area contributed by atoms with E-state index in [2.05, 4.69) is 26.7 Å². The number of aromatic amines is 1. The standard InChI is InChI=1S/C21H18N6O/c1-14(28)25-18-7-4-6-15(11-18)17-9-10-20(24-13-17)27-21(23)26-19-8-3-2-5-16(19)12-22/h2-11,13H,1H3,(H,25,28)(H3,23,24,26,27)/p+1. The molecule has 7 nitrogen and oxygen atoms in total. The maximum atomic E-state index is 11.2. The summed E-state index contributed by atoms with van der Waals surface area (Å²) in [6, 6.07) is 20.4. The van der Waals surface area contributed by atoms with Gasteiger partial charge in [-0.25, -0.2) is 4.98 Å². The molecule has 28 heavy (non-hydrogen) atoms. The van der Waals surface area contributed by atoms with Crippen LogP contribution in [0, 0.1) is 11.3 Å².